The van der Waals surface area contributed by atoms with Crippen molar-refractivity contribution >= 4 is 5.91 Å². The molecule has 1 unspecified atom stereocenters. The van der Waals surface area contributed by atoms with Crippen LogP contribution in [0, 0.1) is 0 Å². The van der Waals surface area contributed by atoms with Gasteiger partial charge in [0.1, 0.15) is 0 Å². The van der Waals surface area contributed by atoms with E-state index in [-0.39, 0.29) is 11.9 Å². The van der Waals surface area contributed by atoms with Gasteiger partial charge in [0.05, 0.1) is 6.04 Å². The van der Waals surface area contributed by atoms with E-state index in [1.54, 1.807) is 6.20 Å². The van der Waals surface area contributed by atoms with Crippen LogP contribution in [0.2, 0.25) is 0 Å². The quantitative estimate of drug-likeness (QED) is 0.790. The second-order valence-corrected chi connectivity index (χ2v) is 7.05. The summed E-state index contributed by atoms with van der Waals surface area (Å²) in [5, 5.41) is 7.34. The van der Waals surface area contributed by atoms with E-state index < -0.39 is 0 Å². The molecular weight excluding hydrogens is 324 g/mol. The molecule has 5 heteroatoms. The number of hydrogen-bond acceptors (Lipinski definition) is 3. The molecule has 26 heavy (non-hydrogen) atoms. The lowest BCUT2D eigenvalue weighted by atomic mass is 10.0. The molecule has 0 radical (unpaired) electrons. The average molecular weight is 354 g/mol. The summed E-state index contributed by atoms with van der Waals surface area (Å²) in [7, 11) is 0. The molecule has 1 aromatic heterocycles. The van der Waals surface area contributed by atoms with E-state index in [4.69, 9.17) is 0 Å². The second-order valence-electron chi connectivity index (χ2n) is 7.05. The van der Waals surface area contributed by atoms with E-state index in [1.165, 1.54) is 31.2 Å². The molecule has 140 valence electrons. The number of amides is 1. The number of nitrogens with zero attached hydrogens (tertiary/aromatic N) is 3. The number of aryl methyl sites for hydroxylation is 1. The molecule has 0 aliphatic carbocycles. The van der Waals surface area contributed by atoms with Gasteiger partial charge in [-0.3, -0.25) is 14.4 Å². The monoisotopic (exact) mass is 354 g/mol. The van der Waals surface area contributed by atoms with Gasteiger partial charge in [0, 0.05) is 31.9 Å². The van der Waals surface area contributed by atoms with E-state index in [1.807, 2.05) is 16.9 Å². The van der Waals surface area contributed by atoms with Crippen molar-refractivity contribution in [3.63, 3.8) is 0 Å². The fourth-order valence-electron chi connectivity index (χ4n) is 3.67. The molecule has 1 aromatic carbocycles. The molecule has 1 saturated heterocycles. The molecule has 0 bridgehead atoms. The minimum absolute atomic E-state index is 0.132. The Balaban J connectivity index is 1.52. The first-order chi connectivity index (χ1) is 12.8. The van der Waals surface area contributed by atoms with Gasteiger partial charge in [-0.25, -0.2) is 0 Å². The highest BCUT2D eigenvalue weighted by Gasteiger charge is 2.21. The molecular formula is C21H30N4O. The molecule has 1 N–H and O–H groups in total. The first kappa shape index (κ1) is 18.6. The van der Waals surface area contributed by atoms with Crippen LogP contribution in [0.4, 0.5) is 0 Å². The highest BCUT2D eigenvalue weighted by molar-refractivity contribution is 5.75. The molecule has 1 amide bonds. The number of likely N-dealkylation sites (tertiary alicyclic amines) is 1. The Morgan fingerprint density at radius 2 is 1.85 bits per heavy atom. The van der Waals surface area contributed by atoms with Crippen molar-refractivity contribution in [2.45, 2.75) is 51.1 Å². The standard InChI is InChI=1S/C21H30N4O/c26-21(12-8-16-25-17-9-13-23-25)22-18-20(19-10-4-3-5-11-19)24-14-6-1-2-7-15-24/h3-5,9-11,13,17,20H,1-2,6-8,12,14-16,18H2,(H,22,26). The summed E-state index contributed by atoms with van der Waals surface area (Å²) in [6.45, 7) is 3.71. The lowest BCUT2D eigenvalue weighted by molar-refractivity contribution is -0.121. The van der Waals surface area contributed by atoms with Gasteiger partial charge in [-0.15, -0.1) is 0 Å². The summed E-state index contributed by atoms with van der Waals surface area (Å²) >= 11 is 0. The van der Waals surface area contributed by atoms with Gasteiger partial charge >= 0.3 is 0 Å². The minimum atomic E-state index is 0.132. The highest BCUT2D eigenvalue weighted by Crippen LogP contribution is 2.23. The van der Waals surface area contributed by atoms with Crippen molar-refractivity contribution in [2.75, 3.05) is 19.6 Å². The topological polar surface area (TPSA) is 50.2 Å². The maximum Gasteiger partial charge on any atom is 0.220 e. The van der Waals surface area contributed by atoms with Crippen molar-refractivity contribution < 1.29 is 4.79 Å². The summed E-state index contributed by atoms with van der Waals surface area (Å²) in [6.07, 6.45) is 10.2. The Bertz CT molecular complexity index is 633. The molecule has 0 spiro atoms. The van der Waals surface area contributed by atoms with Crippen molar-refractivity contribution in [1.29, 1.82) is 0 Å². The van der Waals surface area contributed by atoms with Crippen LogP contribution in [-0.4, -0.2) is 40.2 Å². The predicted octanol–water partition coefficient (Wildman–Crippen LogP) is 3.40. The van der Waals surface area contributed by atoms with Crippen molar-refractivity contribution in [3.8, 4) is 0 Å². The number of carbonyl (C=O) groups is 1. The Morgan fingerprint density at radius 1 is 1.08 bits per heavy atom. The summed E-state index contributed by atoms with van der Waals surface area (Å²) in [5.74, 6) is 0.132. The summed E-state index contributed by atoms with van der Waals surface area (Å²) < 4.78 is 1.87. The van der Waals surface area contributed by atoms with Gasteiger partial charge in [-0.05, 0) is 44.0 Å². The zero-order valence-corrected chi connectivity index (χ0v) is 15.5. The number of carbonyl (C=O) groups excluding carboxylic acids is 1. The smallest absolute Gasteiger partial charge is 0.220 e. The predicted molar refractivity (Wildman–Crippen MR) is 104 cm³/mol. The van der Waals surface area contributed by atoms with Crippen LogP contribution in [0.25, 0.3) is 0 Å². The molecule has 3 rings (SSSR count). The maximum atomic E-state index is 12.3. The van der Waals surface area contributed by atoms with Crippen LogP contribution in [-0.2, 0) is 11.3 Å². The Labute approximate surface area is 156 Å². The molecule has 2 heterocycles. The van der Waals surface area contributed by atoms with Crippen LogP contribution in [0.5, 0.6) is 0 Å². The molecule has 1 aliphatic heterocycles. The highest BCUT2D eigenvalue weighted by atomic mass is 16.1. The van der Waals surface area contributed by atoms with Crippen LogP contribution in [0.3, 0.4) is 0 Å². The van der Waals surface area contributed by atoms with E-state index in [0.717, 1.165) is 26.1 Å². The van der Waals surface area contributed by atoms with Gasteiger partial charge in [-0.1, -0.05) is 43.2 Å². The number of rotatable bonds is 8. The Hall–Kier alpha value is -2.14. The average Bonchev–Trinajstić information content (AvgIpc) is 3.04. The molecule has 1 fully saturated rings. The van der Waals surface area contributed by atoms with Crippen LogP contribution in [0.15, 0.2) is 48.8 Å². The lowest BCUT2D eigenvalue weighted by Crippen LogP contribution is -2.38. The van der Waals surface area contributed by atoms with Crippen LogP contribution < -0.4 is 5.32 Å². The Kier molecular flexibility index (Phi) is 7.25. The van der Waals surface area contributed by atoms with E-state index in [9.17, 15) is 4.79 Å². The molecule has 5 nitrogen and oxygen atoms in total. The second kappa shape index (κ2) is 10.1. The van der Waals surface area contributed by atoms with Crippen molar-refractivity contribution in [2.24, 2.45) is 0 Å². The van der Waals surface area contributed by atoms with E-state index in [0.29, 0.717) is 13.0 Å². The zero-order chi connectivity index (χ0) is 18.0. The van der Waals surface area contributed by atoms with Crippen molar-refractivity contribution in [1.82, 2.24) is 20.0 Å². The number of benzene rings is 1. The zero-order valence-electron chi connectivity index (χ0n) is 15.5. The lowest BCUT2D eigenvalue weighted by Gasteiger charge is -2.31. The molecule has 1 aliphatic rings. The summed E-state index contributed by atoms with van der Waals surface area (Å²) in [5.41, 5.74) is 1.30. The third kappa shape index (κ3) is 5.70. The van der Waals surface area contributed by atoms with E-state index >= 15 is 0 Å². The number of nitrogens with one attached hydrogen (secondary N) is 1. The van der Waals surface area contributed by atoms with E-state index in [2.05, 4.69) is 45.6 Å². The van der Waals surface area contributed by atoms with Gasteiger partial charge < -0.3 is 5.32 Å². The summed E-state index contributed by atoms with van der Waals surface area (Å²) in [6, 6.07) is 12.8. The third-order valence-electron chi connectivity index (χ3n) is 5.11. The fourth-order valence-corrected chi connectivity index (χ4v) is 3.67. The largest absolute Gasteiger partial charge is 0.354 e. The molecule has 2 aromatic rings. The SMILES string of the molecule is O=C(CCCn1cccn1)NCC(c1ccccc1)N1CCCCCC1. The van der Waals surface area contributed by atoms with Crippen LogP contribution >= 0.6 is 0 Å². The van der Waals surface area contributed by atoms with Gasteiger partial charge in [0.15, 0.2) is 0 Å². The molecule has 0 saturated carbocycles. The minimum Gasteiger partial charge on any atom is -0.354 e. The fraction of sp³-hybridized carbons (Fsp3) is 0.524. The number of aromatic nitrogens is 2. The maximum absolute atomic E-state index is 12.3. The van der Waals surface area contributed by atoms with Gasteiger partial charge in [0.2, 0.25) is 5.91 Å². The third-order valence-corrected chi connectivity index (χ3v) is 5.11. The van der Waals surface area contributed by atoms with Gasteiger partial charge in [-0.2, -0.15) is 5.10 Å². The Morgan fingerprint density at radius 3 is 2.54 bits per heavy atom. The first-order valence-corrected chi connectivity index (χ1v) is 9.86. The van der Waals surface area contributed by atoms with Gasteiger partial charge in [0.25, 0.3) is 0 Å². The number of hydrogen-bond donors (Lipinski definition) is 1. The van der Waals surface area contributed by atoms with Crippen LogP contribution in [0.1, 0.15) is 50.1 Å². The normalized spacial score (nSPS) is 16.8. The molecule has 1 atom stereocenters. The van der Waals surface area contributed by atoms with Crippen molar-refractivity contribution in [3.05, 3.63) is 54.4 Å². The first-order valence-electron chi connectivity index (χ1n) is 9.86. The summed E-state index contributed by atoms with van der Waals surface area (Å²) in [4.78, 5) is 14.8.